The van der Waals surface area contributed by atoms with E-state index in [1.54, 1.807) is 11.3 Å². The van der Waals surface area contributed by atoms with Crippen LogP contribution in [0.25, 0.3) is 0 Å². The van der Waals surface area contributed by atoms with Gasteiger partial charge in [0, 0.05) is 23.0 Å². The molecule has 1 saturated carbocycles. The fourth-order valence-electron chi connectivity index (χ4n) is 2.83. The maximum atomic E-state index is 6.58. The van der Waals surface area contributed by atoms with Crippen LogP contribution in [0.15, 0.2) is 11.7 Å². The third kappa shape index (κ3) is 2.40. The Hall–Kier alpha value is -0.410. The van der Waals surface area contributed by atoms with E-state index in [4.69, 9.17) is 5.73 Å². The smallest absolute Gasteiger partial charge is 0.0794 e. The molecule has 0 spiro atoms. The first-order valence-corrected chi connectivity index (χ1v) is 6.79. The van der Waals surface area contributed by atoms with E-state index in [0.717, 1.165) is 6.42 Å². The maximum absolute atomic E-state index is 6.58. The summed E-state index contributed by atoms with van der Waals surface area (Å²) in [6.07, 6.45) is 9.37. The van der Waals surface area contributed by atoms with Crippen molar-refractivity contribution in [2.24, 2.45) is 11.7 Å². The van der Waals surface area contributed by atoms with Crippen LogP contribution in [-0.2, 0) is 6.42 Å². The first-order chi connectivity index (χ1) is 7.24. The van der Waals surface area contributed by atoms with Crippen LogP contribution in [-0.4, -0.2) is 10.5 Å². The average Bonchev–Trinajstić information content (AvgIpc) is 2.70. The highest BCUT2D eigenvalue weighted by Crippen LogP contribution is 2.36. The number of rotatable bonds is 3. The summed E-state index contributed by atoms with van der Waals surface area (Å²) in [6.45, 7) is 2.27. The second-order valence-electron chi connectivity index (χ2n) is 4.73. The maximum Gasteiger partial charge on any atom is 0.0794 e. The van der Waals surface area contributed by atoms with Crippen LogP contribution in [0.1, 0.15) is 43.9 Å². The highest BCUT2D eigenvalue weighted by Gasteiger charge is 2.36. The zero-order valence-electron chi connectivity index (χ0n) is 9.41. The Morgan fingerprint density at radius 3 is 3.13 bits per heavy atom. The molecule has 0 saturated heterocycles. The van der Waals surface area contributed by atoms with Gasteiger partial charge in [0.1, 0.15) is 0 Å². The zero-order valence-corrected chi connectivity index (χ0v) is 10.2. The third-order valence-corrected chi connectivity index (χ3v) is 4.52. The molecule has 0 amide bonds. The topological polar surface area (TPSA) is 38.9 Å². The summed E-state index contributed by atoms with van der Waals surface area (Å²) in [6, 6.07) is 0. The number of hydrogen-bond acceptors (Lipinski definition) is 3. The first kappa shape index (κ1) is 11.1. The number of aromatic nitrogens is 1. The van der Waals surface area contributed by atoms with Crippen molar-refractivity contribution in [2.45, 2.75) is 51.0 Å². The summed E-state index contributed by atoms with van der Waals surface area (Å²) < 4.78 is 0. The molecule has 1 aliphatic carbocycles. The van der Waals surface area contributed by atoms with E-state index < -0.39 is 0 Å². The Morgan fingerprint density at radius 2 is 2.47 bits per heavy atom. The molecule has 0 aliphatic heterocycles. The number of thiazole rings is 1. The molecule has 1 aromatic heterocycles. The molecule has 2 rings (SSSR count). The molecule has 15 heavy (non-hydrogen) atoms. The molecule has 0 bridgehead atoms. The Kier molecular flexibility index (Phi) is 3.42. The average molecular weight is 224 g/mol. The lowest BCUT2D eigenvalue weighted by Crippen LogP contribution is -2.50. The van der Waals surface area contributed by atoms with E-state index in [0.29, 0.717) is 5.92 Å². The molecule has 0 radical (unpaired) electrons. The zero-order chi connectivity index (χ0) is 10.7. The molecular formula is C12H20N2S. The van der Waals surface area contributed by atoms with E-state index >= 15 is 0 Å². The molecule has 1 aliphatic rings. The van der Waals surface area contributed by atoms with Crippen LogP contribution in [0, 0.1) is 5.92 Å². The van der Waals surface area contributed by atoms with Gasteiger partial charge in [-0.3, -0.25) is 4.98 Å². The fraction of sp³-hybridized carbons (Fsp3) is 0.750. The summed E-state index contributed by atoms with van der Waals surface area (Å²) in [5.74, 6) is 0.702. The molecule has 1 fully saturated rings. The van der Waals surface area contributed by atoms with Gasteiger partial charge in [-0.2, -0.15) is 0 Å². The lowest BCUT2D eigenvalue weighted by atomic mass is 9.70. The van der Waals surface area contributed by atoms with Crippen molar-refractivity contribution in [3.63, 3.8) is 0 Å². The summed E-state index contributed by atoms with van der Waals surface area (Å²) in [5.41, 5.74) is 8.53. The summed E-state index contributed by atoms with van der Waals surface area (Å²) >= 11 is 1.74. The van der Waals surface area contributed by atoms with Gasteiger partial charge in [0.15, 0.2) is 0 Å². The van der Waals surface area contributed by atoms with Gasteiger partial charge in [-0.25, -0.2) is 0 Å². The standard InChI is InChI=1S/C12H20N2S/c1-2-10-5-3-4-6-12(10,13)7-11-8-14-9-15-11/h8-10H,2-7,13H2,1H3. The Morgan fingerprint density at radius 1 is 1.60 bits per heavy atom. The third-order valence-electron chi connectivity index (χ3n) is 3.74. The quantitative estimate of drug-likeness (QED) is 0.857. The molecule has 2 unspecified atom stereocenters. The minimum atomic E-state index is 0.0412. The SMILES string of the molecule is CCC1CCCCC1(N)Cc1cncs1. The Labute approximate surface area is 95.9 Å². The van der Waals surface area contributed by atoms with E-state index in [1.807, 2.05) is 11.7 Å². The van der Waals surface area contributed by atoms with Crippen molar-refractivity contribution in [1.82, 2.24) is 4.98 Å². The second kappa shape index (κ2) is 4.62. The summed E-state index contributed by atoms with van der Waals surface area (Å²) in [4.78, 5) is 5.48. The molecule has 0 aromatic carbocycles. The van der Waals surface area contributed by atoms with Crippen LogP contribution in [0.3, 0.4) is 0 Å². The van der Waals surface area contributed by atoms with Gasteiger partial charge in [-0.05, 0) is 18.8 Å². The highest BCUT2D eigenvalue weighted by atomic mass is 32.1. The van der Waals surface area contributed by atoms with Crippen LogP contribution < -0.4 is 5.73 Å². The number of nitrogens with two attached hydrogens (primary N) is 1. The molecule has 3 heteroatoms. The van der Waals surface area contributed by atoms with E-state index in [-0.39, 0.29) is 5.54 Å². The van der Waals surface area contributed by atoms with Gasteiger partial charge in [-0.1, -0.05) is 26.2 Å². The largest absolute Gasteiger partial charge is 0.325 e. The molecule has 1 heterocycles. The molecule has 2 nitrogen and oxygen atoms in total. The molecule has 1 aromatic rings. The minimum Gasteiger partial charge on any atom is -0.325 e. The van der Waals surface area contributed by atoms with Gasteiger partial charge in [0.25, 0.3) is 0 Å². The van der Waals surface area contributed by atoms with Crippen molar-refractivity contribution in [3.05, 3.63) is 16.6 Å². The molecule has 2 N–H and O–H groups in total. The predicted molar refractivity (Wildman–Crippen MR) is 65.0 cm³/mol. The van der Waals surface area contributed by atoms with Gasteiger partial charge in [0.05, 0.1) is 5.51 Å². The van der Waals surface area contributed by atoms with E-state index in [2.05, 4.69) is 11.9 Å². The Bertz CT molecular complexity index is 297. The van der Waals surface area contributed by atoms with Crippen LogP contribution in [0.2, 0.25) is 0 Å². The summed E-state index contributed by atoms with van der Waals surface area (Å²) in [7, 11) is 0. The normalized spacial score (nSPS) is 31.7. The van der Waals surface area contributed by atoms with Crippen LogP contribution in [0.4, 0.5) is 0 Å². The van der Waals surface area contributed by atoms with Crippen LogP contribution in [0.5, 0.6) is 0 Å². The van der Waals surface area contributed by atoms with Crippen molar-refractivity contribution < 1.29 is 0 Å². The lowest BCUT2D eigenvalue weighted by Gasteiger charge is -2.41. The lowest BCUT2D eigenvalue weighted by molar-refractivity contribution is 0.183. The minimum absolute atomic E-state index is 0.0412. The molecular weight excluding hydrogens is 204 g/mol. The van der Waals surface area contributed by atoms with Gasteiger partial charge in [0.2, 0.25) is 0 Å². The summed E-state index contributed by atoms with van der Waals surface area (Å²) in [5, 5.41) is 0. The fourth-order valence-corrected chi connectivity index (χ4v) is 3.56. The van der Waals surface area contributed by atoms with Crippen molar-refractivity contribution in [1.29, 1.82) is 0 Å². The van der Waals surface area contributed by atoms with E-state index in [1.165, 1.54) is 37.0 Å². The second-order valence-corrected chi connectivity index (χ2v) is 5.70. The first-order valence-electron chi connectivity index (χ1n) is 5.91. The van der Waals surface area contributed by atoms with E-state index in [9.17, 15) is 0 Å². The van der Waals surface area contributed by atoms with Crippen LogP contribution >= 0.6 is 11.3 Å². The van der Waals surface area contributed by atoms with Crippen molar-refractivity contribution >= 4 is 11.3 Å². The predicted octanol–water partition coefficient (Wildman–Crippen LogP) is 2.98. The highest BCUT2D eigenvalue weighted by molar-refractivity contribution is 7.09. The number of nitrogens with zero attached hydrogens (tertiary/aromatic N) is 1. The Balaban J connectivity index is 2.09. The number of hydrogen-bond donors (Lipinski definition) is 1. The monoisotopic (exact) mass is 224 g/mol. The molecule has 2 atom stereocenters. The van der Waals surface area contributed by atoms with Gasteiger partial charge >= 0.3 is 0 Å². The van der Waals surface area contributed by atoms with Gasteiger partial charge < -0.3 is 5.73 Å². The van der Waals surface area contributed by atoms with Gasteiger partial charge in [-0.15, -0.1) is 11.3 Å². The van der Waals surface area contributed by atoms with Crippen molar-refractivity contribution in [2.75, 3.05) is 0 Å². The van der Waals surface area contributed by atoms with Crippen molar-refractivity contribution in [3.8, 4) is 0 Å². The molecule has 84 valence electrons.